The molecule has 0 amide bonds. The quantitative estimate of drug-likeness (QED) is 0.415. The Morgan fingerprint density at radius 2 is 1.73 bits per heavy atom. The highest BCUT2D eigenvalue weighted by atomic mass is 35.5. The van der Waals surface area contributed by atoms with Gasteiger partial charge in [-0.15, -0.1) is 0 Å². The molecular formula is C22H14ClN3. The molecule has 0 atom stereocenters. The topological polar surface area (TPSA) is 41.6 Å². The van der Waals surface area contributed by atoms with E-state index in [1.807, 2.05) is 36.5 Å². The predicted octanol–water partition coefficient (Wildman–Crippen LogP) is 6.10. The Kier molecular flexibility index (Phi) is 3.47. The average molecular weight is 356 g/mol. The van der Waals surface area contributed by atoms with E-state index in [2.05, 4.69) is 57.4 Å². The van der Waals surface area contributed by atoms with E-state index in [9.17, 15) is 0 Å². The molecule has 3 nitrogen and oxygen atoms in total. The first kappa shape index (κ1) is 15.1. The molecule has 0 unspecified atom stereocenters. The molecule has 4 heteroatoms. The van der Waals surface area contributed by atoms with E-state index in [1.54, 1.807) is 0 Å². The van der Waals surface area contributed by atoms with E-state index in [4.69, 9.17) is 11.6 Å². The first-order valence-electron chi connectivity index (χ1n) is 8.38. The van der Waals surface area contributed by atoms with Gasteiger partial charge >= 0.3 is 0 Å². The molecule has 0 spiro atoms. The van der Waals surface area contributed by atoms with Gasteiger partial charge in [0.25, 0.3) is 0 Å². The molecule has 2 heterocycles. The largest absolute Gasteiger partial charge is 0.338 e. The zero-order chi connectivity index (χ0) is 17.5. The Labute approximate surface area is 155 Å². The highest BCUT2D eigenvalue weighted by Crippen LogP contribution is 2.29. The van der Waals surface area contributed by atoms with Crippen LogP contribution in [0.25, 0.3) is 44.5 Å². The number of rotatable bonds is 2. The zero-order valence-corrected chi connectivity index (χ0v) is 14.5. The van der Waals surface area contributed by atoms with Gasteiger partial charge in [0.2, 0.25) is 0 Å². The summed E-state index contributed by atoms with van der Waals surface area (Å²) in [6.07, 6.45) is 1.86. The van der Waals surface area contributed by atoms with Crippen LogP contribution in [0.2, 0.25) is 5.02 Å². The summed E-state index contributed by atoms with van der Waals surface area (Å²) in [4.78, 5) is 12.6. The Balaban J connectivity index is 1.57. The van der Waals surface area contributed by atoms with Crippen LogP contribution in [-0.2, 0) is 0 Å². The van der Waals surface area contributed by atoms with Crippen molar-refractivity contribution >= 4 is 33.4 Å². The minimum absolute atomic E-state index is 0.692. The average Bonchev–Trinajstić information content (AvgIpc) is 3.11. The van der Waals surface area contributed by atoms with Gasteiger partial charge in [-0.2, -0.15) is 0 Å². The summed E-state index contributed by atoms with van der Waals surface area (Å²) in [5, 5.41) is 3.11. The summed E-state index contributed by atoms with van der Waals surface area (Å²) in [5.41, 5.74) is 4.84. The van der Waals surface area contributed by atoms with Crippen LogP contribution in [0, 0.1) is 0 Å². The van der Waals surface area contributed by atoms with Gasteiger partial charge in [-0.05, 0) is 41.1 Å². The van der Waals surface area contributed by atoms with Crippen LogP contribution in [0.5, 0.6) is 0 Å². The number of halogens is 1. The minimum atomic E-state index is 0.692. The van der Waals surface area contributed by atoms with E-state index in [-0.39, 0.29) is 0 Å². The molecule has 0 saturated carbocycles. The third kappa shape index (κ3) is 2.54. The number of hydrogen-bond acceptors (Lipinski definition) is 2. The smallest absolute Gasteiger partial charge is 0.140 e. The normalized spacial score (nSPS) is 11.3. The van der Waals surface area contributed by atoms with E-state index in [0.29, 0.717) is 5.02 Å². The van der Waals surface area contributed by atoms with Gasteiger partial charge in [-0.1, -0.05) is 54.1 Å². The Hall–Kier alpha value is -3.17. The van der Waals surface area contributed by atoms with Crippen LogP contribution in [0.3, 0.4) is 0 Å². The number of fused-ring (bicyclic) bond motifs is 2. The van der Waals surface area contributed by atoms with E-state index in [1.165, 1.54) is 10.8 Å². The molecule has 0 aliphatic heterocycles. The molecule has 0 bridgehead atoms. The molecule has 5 rings (SSSR count). The van der Waals surface area contributed by atoms with Crippen molar-refractivity contribution in [3.63, 3.8) is 0 Å². The number of aromatic amines is 1. The summed E-state index contributed by atoms with van der Waals surface area (Å²) in [7, 11) is 0. The van der Waals surface area contributed by atoms with Crippen molar-refractivity contribution < 1.29 is 0 Å². The van der Waals surface area contributed by atoms with E-state index >= 15 is 0 Å². The third-order valence-electron chi connectivity index (χ3n) is 4.55. The van der Waals surface area contributed by atoms with Crippen LogP contribution in [-0.4, -0.2) is 15.0 Å². The standard InChI is InChI=1S/C22H14ClN3/c23-16-9-11-20-21(12-16)26-22(25-20)15-8-10-19(24-13-15)18-7-3-5-14-4-1-2-6-17(14)18/h1-13H,(H,25,26). The lowest BCUT2D eigenvalue weighted by Gasteiger charge is -2.06. The van der Waals surface area contributed by atoms with Crippen molar-refractivity contribution in [2.45, 2.75) is 0 Å². The lowest BCUT2D eigenvalue weighted by atomic mass is 10.0. The second-order valence-corrected chi connectivity index (χ2v) is 6.64. The minimum Gasteiger partial charge on any atom is -0.338 e. The molecular weight excluding hydrogens is 342 g/mol. The molecule has 124 valence electrons. The fourth-order valence-electron chi connectivity index (χ4n) is 3.26. The number of aromatic nitrogens is 3. The SMILES string of the molecule is Clc1ccc2nc(-c3ccc(-c4cccc5ccccc45)nc3)[nH]c2c1. The van der Waals surface area contributed by atoms with Crippen LogP contribution < -0.4 is 0 Å². The molecule has 0 aliphatic carbocycles. The number of nitrogens with zero attached hydrogens (tertiary/aromatic N) is 2. The van der Waals surface area contributed by atoms with Gasteiger partial charge < -0.3 is 4.98 Å². The molecule has 1 N–H and O–H groups in total. The van der Waals surface area contributed by atoms with Crippen molar-refractivity contribution in [2.24, 2.45) is 0 Å². The number of benzene rings is 3. The molecule has 0 fully saturated rings. The number of imidazole rings is 1. The maximum Gasteiger partial charge on any atom is 0.140 e. The highest BCUT2D eigenvalue weighted by Gasteiger charge is 2.08. The van der Waals surface area contributed by atoms with E-state index in [0.717, 1.165) is 33.7 Å². The fourth-order valence-corrected chi connectivity index (χ4v) is 3.43. The van der Waals surface area contributed by atoms with Gasteiger partial charge in [0.1, 0.15) is 5.82 Å². The molecule has 0 saturated heterocycles. The predicted molar refractivity (Wildman–Crippen MR) is 107 cm³/mol. The van der Waals surface area contributed by atoms with Gasteiger partial charge in [-0.25, -0.2) is 4.98 Å². The van der Waals surface area contributed by atoms with E-state index < -0.39 is 0 Å². The zero-order valence-electron chi connectivity index (χ0n) is 13.8. The summed E-state index contributed by atoms with van der Waals surface area (Å²) in [5.74, 6) is 0.791. The molecule has 26 heavy (non-hydrogen) atoms. The second kappa shape index (κ2) is 5.97. The first-order valence-corrected chi connectivity index (χ1v) is 8.75. The Morgan fingerprint density at radius 1 is 0.846 bits per heavy atom. The summed E-state index contributed by atoms with van der Waals surface area (Å²) in [6.45, 7) is 0. The van der Waals surface area contributed by atoms with Crippen LogP contribution in [0.15, 0.2) is 79.0 Å². The Bertz CT molecular complexity index is 1230. The van der Waals surface area contributed by atoms with Crippen molar-refractivity contribution in [1.29, 1.82) is 0 Å². The van der Waals surface area contributed by atoms with Gasteiger partial charge in [0.15, 0.2) is 0 Å². The third-order valence-corrected chi connectivity index (χ3v) is 4.78. The number of hydrogen-bond donors (Lipinski definition) is 1. The lowest BCUT2D eigenvalue weighted by molar-refractivity contribution is 1.28. The number of nitrogens with one attached hydrogen (secondary N) is 1. The van der Waals surface area contributed by atoms with Gasteiger partial charge in [-0.3, -0.25) is 4.98 Å². The first-order chi connectivity index (χ1) is 12.8. The molecule has 5 aromatic rings. The summed E-state index contributed by atoms with van der Waals surface area (Å²) in [6, 6.07) is 24.4. The van der Waals surface area contributed by atoms with Crippen LogP contribution in [0.4, 0.5) is 0 Å². The van der Waals surface area contributed by atoms with Crippen molar-refractivity contribution in [3.05, 3.63) is 84.0 Å². The molecule has 2 aromatic heterocycles. The maximum atomic E-state index is 6.05. The molecule has 0 aliphatic rings. The van der Waals surface area contributed by atoms with Gasteiger partial charge in [0, 0.05) is 22.3 Å². The second-order valence-electron chi connectivity index (χ2n) is 6.21. The number of H-pyrrole nitrogens is 1. The summed E-state index contributed by atoms with van der Waals surface area (Å²) < 4.78 is 0. The van der Waals surface area contributed by atoms with Crippen molar-refractivity contribution in [3.8, 4) is 22.6 Å². The van der Waals surface area contributed by atoms with Crippen LogP contribution in [0.1, 0.15) is 0 Å². The monoisotopic (exact) mass is 355 g/mol. The molecule has 0 radical (unpaired) electrons. The summed E-state index contributed by atoms with van der Waals surface area (Å²) >= 11 is 6.05. The fraction of sp³-hybridized carbons (Fsp3) is 0. The van der Waals surface area contributed by atoms with Crippen molar-refractivity contribution in [1.82, 2.24) is 15.0 Å². The van der Waals surface area contributed by atoms with Gasteiger partial charge in [0.05, 0.1) is 16.7 Å². The molecule has 3 aromatic carbocycles. The van der Waals surface area contributed by atoms with Crippen molar-refractivity contribution in [2.75, 3.05) is 0 Å². The Morgan fingerprint density at radius 3 is 2.62 bits per heavy atom. The maximum absolute atomic E-state index is 6.05. The van der Waals surface area contributed by atoms with Crippen LogP contribution >= 0.6 is 11.6 Å². The highest BCUT2D eigenvalue weighted by molar-refractivity contribution is 6.31. The lowest BCUT2D eigenvalue weighted by Crippen LogP contribution is -1.87. The number of pyridine rings is 1.